The number of amides is 1. The van der Waals surface area contributed by atoms with Crippen LogP contribution in [0.3, 0.4) is 0 Å². The summed E-state index contributed by atoms with van der Waals surface area (Å²) in [6.45, 7) is 3.38. The Balaban J connectivity index is 1.53. The predicted octanol–water partition coefficient (Wildman–Crippen LogP) is 3.65. The van der Waals surface area contributed by atoms with Crippen molar-refractivity contribution in [3.05, 3.63) is 58.1 Å². The van der Waals surface area contributed by atoms with Crippen LogP contribution in [-0.2, 0) is 17.8 Å². The molecule has 0 unspecified atom stereocenters. The van der Waals surface area contributed by atoms with Gasteiger partial charge in [-0.15, -0.1) is 0 Å². The van der Waals surface area contributed by atoms with Crippen LogP contribution in [0.2, 0.25) is 0 Å². The van der Waals surface area contributed by atoms with E-state index in [2.05, 4.69) is 16.5 Å². The zero-order chi connectivity index (χ0) is 19.0. The van der Waals surface area contributed by atoms with Crippen LogP contribution in [0, 0.1) is 10.1 Å². The van der Waals surface area contributed by atoms with E-state index in [1.807, 2.05) is 24.3 Å². The highest BCUT2D eigenvalue weighted by Crippen LogP contribution is 2.33. The standard InChI is InChI=1S/C19H18N4O3S/c1-2-21-16-6-4-3-5-15(16)20-19(21)27-12-18(24)22-10-9-13-7-8-14(23(25)26)11-17(13)22/h3-8,11H,2,9-10,12H2,1H3. The molecule has 2 aromatic carbocycles. The van der Waals surface area contributed by atoms with Gasteiger partial charge in [0.15, 0.2) is 5.16 Å². The molecule has 2 heterocycles. The van der Waals surface area contributed by atoms with Gasteiger partial charge in [0.1, 0.15) is 0 Å². The number of carbonyl (C=O) groups is 1. The van der Waals surface area contributed by atoms with E-state index < -0.39 is 4.92 Å². The van der Waals surface area contributed by atoms with Gasteiger partial charge in [-0.25, -0.2) is 4.98 Å². The van der Waals surface area contributed by atoms with Gasteiger partial charge in [-0.2, -0.15) is 0 Å². The number of hydrogen-bond acceptors (Lipinski definition) is 5. The minimum absolute atomic E-state index is 0.00822. The molecule has 0 atom stereocenters. The van der Waals surface area contributed by atoms with E-state index in [-0.39, 0.29) is 17.3 Å². The average Bonchev–Trinajstić information content (AvgIpc) is 3.26. The van der Waals surface area contributed by atoms with Crippen molar-refractivity contribution in [2.75, 3.05) is 17.2 Å². The smallest absolute Gasteiger partial charge is 0.271 e. The lowest BCUT2D eigenvalue weighted by molar-refractivity contribution is -0.384. The molecule has 3 aromatic rings. The maximum atomic E-state index is 12.8. The molecule has 0 aliphatic carbocycles. The molecule has 1 aliphatic heterocycles. The molecule has 1 aliphatic rings. The molecule has 0 N–H and O–H groups in total. The number of imidazole rings is 1. The van der Waals surface area contributed by atoms with Crippen molar-refractivity contribution in [3.8, 4) is 0 Å². The number of rotatable bonds is 5. The summed E-state index contributed by atoms with van der Waals surface area (Å²) in [6.07, 6.45) is 0.719. The highest BCUT2D eigenvalue weighted by atomic mass is 32.2. The van der Waals surface area contributed by atoms with Gasteiger partial charge in [0.25, 0.3) is 5.69 Å². The molecule has 0 fully saturated rings. The van der Waals surface area contributed by atoms with Gasteiger partial charge in [0, 0.05) is 25.2 Å². The number of aryl methyl sites for hydroxylation is 1. The number of nitro groups is 1. The second kappa shape index (κ2) is 7.03. The highest BCUT2D eigenvalue weighted by Gasteiger charge is 2.27. The van der Waals surface area contributed by atoms with Crippen molar-refractivity contribution >= 4 is 40.1 Å². The molecule has 7 nitrogen and oxygen atoms in total. The molecule has 0 spiro atoms. The summed E-state index contributed by atoms with van der Waals surface area (Å²) in [7, 11) is 0. The first-order chi connectivity index (χ1) is 13.1. The quantitative estimate of drug-likeness (QED) is 0.382. The van der Waals surface area contributed by atoms with E-state index in [1.165, 1.54) is 23.9 Å². The minimum atomic E-state index is -0.431. The van der Waals surface area contributed by atoms with Crippen molar-refractivity contribution in [1.29, 1.82) is 0 Å². The molecule has 0 radical (unpaired) electrons. The summed E-state index contributed by atoms with van der Waals surface area (Å²) in [5.41, 5.74) is 3.60. The largest absolute Gasteiger partial charge is 0.319 e. The van der Waals surface area contributed by atoms with E-state index in [0.717, 1.165) is 34.7 Å². The summed E-state index contributed by atoms with van der Waals surface area (Å²) < 4.78 is 2.09. The van der Waals surface area contributed by atoms with E-state index in [9.17, 15) is 14.9 Å². The normalized spacial score (nSPS) is 13.1. The molecule has 1 aromatic heterocycles. The minimum Gasteiger partial charge on any atom is -0.319 e. The van der Waals surface area contributed by atoms with Crippen LogP contribution in [0.25, 0.3) is 11.0 Å². The van der Waals surface area contributed by atoms with E-state index in [0.29, 0.717) is 12.2 Å². The van der Waals surface area contributed by atoms with Crippen molar-refractivity contribution in [2.45, 2.75) is 25.0 Å². The number of benzene rings is 2. The maximum Gasteiger partial charge on any atom is 0.271 e. The molecular weight excluding hydrogens is 364 g/mol. The van der Waals surface area contributed by atoms with Crippen molar-refractivity contribution in [2.24, 2.45) is 0 Å². The summed E-state index contributed by atoms with van der Waals surface area (Å²) >= 11 is 1.40. The summed E-state index contributed by atoms with van der Waals surface area (Å²) in [5.74, 6) is 0.180. The average molecular weight is 382 g/mol. The third-order valence-electron chi connectivity index (χ3n) is 4.74. The Morgan fingerprint density at radius 3 is 2.89 bits per heavy atom. The molecule has 0 saturated heterocycles. The zero-order valence-electron chi connectivity index (χ0n) is 14.8. The Hall–Kier alpha value is -2.87. The summed E-state index contributed by atoms with van der Waals surface area (Å²) in [5, 5.41) is 11.8. The fourth-order valence-corrected chi connectivity index (χ4v) is 4.37. The maximum absolute atomic E-state index is 12.8. The number of fused-ring (bicyclic) bond motifs is 2. The van der Waals surface area contributed by atoms with Crippen LogP contribution in [0.5, 0.6) is 0 Å². The Morgan fingerprint density at radius 1 is 1.30 bits per heavy atom. The topological polar surface area (TPSA) is 81.3 Å². The number of hydrogen-bond donors (Lipinski definition) is 0. The van der Waals surface area contributed by atoms with Crippen LogP contribution in [0.4, 0.5) is 11.4 Å². The second-order valence-corrected chi connectivity index (χ2v) is 7.22. The molecule has 1 amide bonds. The molecule has 4 rings (SSSR count). The first kappa shape index (κ1) is 17.5. The van der Waals surface area contributed by atoms with E-state index >= 15 is 0 Å². The summed E-state index contributed by atoms with van der Waals surface area (Å²) in [4.78, 5) is 29.7. The third kappa shape index (κ3) is 3.16. The molecule has 0 saturated carbocycles. The van der Waals surface area contributed by atoms with Crippen LogP contribution >= 0.6 is 11.8 Å². The number of anilines is 1. The van der Waals surface area contributed by atoms with Gasteiger partial charge in [0.05, 0.1) is 27.4 Å². The van der Waals surface area contributed by atoms with E-state index in [4.69, 9.17) is 0 Å². The Bertz CT molecular complexity index is 1050. The van der Waals surface area contributed by atoms with Crippen LogP contribution in [-0.4, -0.2) is 32.7 Å². The lowest BCUT2D eigenvalue weighted by Crippen LogP contribution is -2.30. The van der Waals surface area contributed by atoms with Crippen molar-refractivity contribution in [1.82, 2.24) is 9.55 Å². The van der Waals surface area contributed by atoms with Gasteiger partial charge < -0.3 is 9.47 Å². The fraction of sp³-hybridized carbons (Fsp3) is 0.263. The Morgan fingerprint density at radius 2 is 2.11 bits per heavy atom. The number of thioether (sulfide) groups is 1. The first-order valence-electron chi connectivity index (χ1n) is 8.74. The van der Waals surface area contributed by atoms with Crippen molar-refractivity contribution < 1.29 is 9.72 Å². The van der Waals surface area contributed by atoms with E-state index in [1.54, 1.807) is 11.0 Å². The van der Waals surface area contributed by atoms with Gasteiger partial charge in [-0.1, -0.05) is 30.0 Å². The number of aromatic nitrogens is 2. The zero-order valence-corrected chi connectivity index (χ0v) is 15.6. The molecule has 0 bridgehead atoms. The number of para-hydroxylation sites is 2. The van der Waals surface area contributed by atoms with Gasteiger partial charge >= 0.3 is 0 Å². The van der Waals surface area contributed by atoms with Gasteiger partial charge in [-0.05, 0) is 31.0 Å². The first-order valence-corrected chi connectivity index (χ1v) is 9.72. The van der Waals surface area contributed by atoms with Crippen LogP contribution in [0.1, 0.15) is 12.5 Å². The SMILES string of the molecule is CCn1c(SCC(=O)N2CCc3ccc([N+](=O)[O-])cc32)nc2ccccc21. The molecular formula is C19H18N4O3S. The fourth-order valence-electron chi connectivity index (χ4n) is 3.41. The second-order valence-electron chi connectivity index (χ2n) is 6.28. The third-order valence-corrected chi connectivity index (χ3v) is 5.70. The lowest BCUT2D eigenvalue weighted by atomic mass is 10.1. The predicted molar refractivity (Wildman–Crippen MR) is 105 cm³/mol. The van der Waals surface area contributed by atoms with Gasteiger partial charge in [0.2, 0.25) is 5.91 Å². The lowest BCUT2D eigenvalue weighted by Gasteiger charge is -2.17. The van der Waals surface area contributed by atoms with Crippen molar-refractivity contribution in [3.63, 3.8) is 0 Å². The number of nitrogens with zero attached hydrogens (tertiary/aromatic N) is 4. The molecule has 8 heteroatoms. The van der Waals surface area contributed by atoms with Crippen LogP contribution < -0.4 is 4.90 Å². The van der Waals surface area contributed by atoms with Crippen LogP contribution in [0.15, 0.2) is 47.6 Å². The Labute approximate surface area is 160 Å². The number of nitro benzene ring substituents is 1. The molecule has 138 valence electrons. The van der Waals surface area contributed by atoms with Gasteiger partial charge in [-0.3, -0.25) is 14.9 Å². The highest BCUT2D eigenvalue weighted by molar-refractivity contribution is 7.99. The number of carbonyl (C=O) groups excluding carboxylic acids is 1. The Kier molecular flexibility index (Phi) is 4.57. The summed E-state index contributed by atoms with van der Waals surface area (Å²) in [6, 6.07) is 12.6. The molecule has 27 heavy (non-hydrogen) atoms. The monoisotopic (exact) mass is 382 g/mol. The number of non-ortho nitro benzene ring substituents is 1.